The molecule has 1 fully saturated rings. The van der Waals surface area contributed by atoms with Gasteiger partial charge in [0.05, 0.1) is 25.3 Å². The molecule has 1 aliphatic rings. The molecule has 1 N–H and O–H groups in total. The molecule has 0 radical (unpaired) electrons. The molecule has 0 aromatic heterocycles. The van der Waals surface area contributed by atoms with Gasteiger partial charge in [-0.25, -0.2) is 0 Å². The van der Waals surface area contributed by atoms with Crippen LogP contribution in [0.15, 0.2) is 12.7 Å². The van der Waals surface area contributed by atoms with Crippen molar-refractivity contribution in [3.05, 3.63) is 12.7 Å². The minimum Gasteiger partial charge on any atom is -0.389 e. The SMILES string of the molecule is C=CC(C)N1CC(O)CO1. The number of nitrogens with zero attached hydrogens (tertiary/aromatic N) is 1. The Kier molecular flexibility index (Phi) is 2.43. The van der Waals surface area contributed by atoms with Crippen molar-refractivity contribution in [3.8, 4) is 0 Å². The summed E-state index contributed by atoms with van der Waals surface area (Å²) in [6.07, 6.45) is 1.46. The van der Waals surface area contributed by atoms with Crippen LogP contribution in [0.25, 0.3) is 0 Å². The van der Waals surface area contributed by atoms with E-state index in [-0.39, 0.29) is 12.1 Å². The summed E-state index contributed by atoms with van der Waals surface area (Å²) in [6.45, 7) is 6.61. The summed E-state index contributed by atoms with van der Waals surface area (Å²) >= 11 is 0. The van der Waals surface area contributed by atoms with Crippen LogP contribution in [0.1, 0.15) is 6.92 Å². The second kappa shape index (κ2) is 3.14. The van der Waals surface area contributed by atoms with Crippen LogP contribution in [0.4, 0.5) is 0 Å². The Bertz CT molecular complexity index is 127. The Morgan fingerprint density at radius 1 is 1.90 bits per heavy atom. The lowest BCUT2D eigenvalue weighted by Gasteiger charge is -2.17. The van der Waals surface area contributed by atoms with Gasteiger partial charge in [0.2, 0.25) is 0 Å². The van der Waals surface area contributed by atoms with Gasteiger partial charge in [-0.15, -0.1) is 6.58 Å². The zero-order chi connectivity index (χ0) is 7.56. The molecule has 2 atom stereocenters. The largest absolute Gasteiger partial charge is 0.389 e. The van der Waals surface area contributed by atoms with Gasteiger partial charge in [-0.2, -0.15) is 5.06 Å². The lowest BCUT2D eigenvalue weighted by molar-refractivity contribution is -0.125. The van der Waals surface area contributed by atoms with E-state index < -0.39 is 0 Å². The Hall–Kier alpha value is -0.380. The molecule has 1 heterocycles. The van der Waals surface area contributed by atoms with E-state index in [9.17, 15) is 0 Å². The number of hydrogen-bond acceptors (Lipinski definition) is 3. The summed E-state index contributed by atoms with van der Waals surface area (Å²) in [4.78, 5) is 5.13. The Morgan fingerprint density at radius 3 is 3.00 bits per heavy atom. The highest BCUT2D eigenvalue weighted by molar-refractivity contribution is 4.83. The predicted octanol–water partition coefficient (Wildman–Crippen LogP) is 0.169. The molecule has 2 unspecified atom stereocenters. The molecule has 0 aromatic rings. The molecule has 0 bridgehead atoms. The van der Waals surface area contributed by atoms with Crippen molar-refractivity contribution >= 4 is 0 Å². The molecule has 0 saturated carbocycles. The van der Waals surface area contributed by atoms with Crippen LogP contribution in [0.5, 0.6) is 0 Å². The number of hydrogen-bond donors (Lipinski definition) is 1. The average Bonchev–Trinajstić information content (AvgIpc) is 2.34. The highest BCUT2D eigenvalue weighted by Crippen LogP contribution is 2.09. The lowest BCUT2D eigenvalue weighted by Crippen LogP contribution is -2.28. The number of aliphatic hydroxyl groups excluding tert-OH is 1. The maximum absolute atomic E-state index is 9.04. The van der Waals surface area contributed by atoms with Gasteiger partial charge in [-0.1, -0.05) is 6.08 Å². The van der Waals surface area contributed by atoms with Gasteiger partial charge in [0.25, 0.3) is 0 Å². The molecule has 0 amide bonds. The van der Waals surface area contributed by atoms with E-state index in [1.54, 1.807) is 11.1 Å². The van der Waals surface area contributed by atoms with Gasteiger partial charge in [-0.3, -0.25) is 4.84 Å². The molecule has 1 rings (SSSR count). The molecular formula is C7H13NO2. The molecule has 3 nitrogen and oxygen atoms in total. The monoisotopic (exact) mass is 143 g/mol. The fraction of sp³-hybridized carbons (Fsp3) is 0.714. The molecule has 3 heteroatoms. The van der Waals surface area contributed by atoms with Gasteiger partial charge in [0.1, 0.15) is 0 Å². The first-order valence-corrected chi connectivity index (χ1v) is 3.44. The van der Waals surface area contributed by atoms with E-state index in [0.29, 0.717) is 13.2 Å². The molecule has 1 saturated heterocycles. The van der Waals surface area contributed by atoms with Gasteiger partial charge >= 0.3 is 0 Å². The Balaban J connectivity index is 2.36. The zero-order valence-electron chi connectivity index (χ0n) is 6.16. The lowest BCUT2D eigenvalue weighted by atomic mass is 10.3. The average molecular weight is 143 g/mol. The van der Waals surface area contributed by atoms with Crippen molar-refractivity contribution in [1.29, 1.82) is 0 Å². The number of aliphatic hydroxyl groups is 1. The topological polar surface area (TPSA) is 32.7 Å². The van der Waals surface area contributed by atoms with Crippen LogP contribution < -0.4 is 0 Å². The molecular weight excluding hydrogens is 130 g/mol. The molecule has 0 spiro atoms. The van der Waals surface area contributed by atoms with Gasteiger partial charge in [0, 0.05) is 0 Å². The molecule has 0 aliphatic carbocycles. The quantitative estimate of drug-likeness (QED) is 0.559. The standard InChI is InChI=1S/C7H13NO2/c1-3-6(2)8-4-7(9)5-10-8/h3,6-7,9H,1,4-5H2,2H3. The summed E-state index contributed by atoms with van der Waals surface area (Å²) in [5.41, 5.74) is 0. The van der Waals surface area contributed by atoms with Crippen LogP contribution in [0.2, 0.25) is 0 Å². The zero-order valence-corrected chi connectivity index (χ0v) is 6.16. The third-order valence-electron chi connectivity index (χ3n) is 1.62. The maximum atomic E-state index is 9.04. The minimum atomic E-state index is -0.331. The predicted molar refractivity (Wildman–Crippen MR) is 38.3 cm³/mol. The van der Waals surface area contributed by atoms with E-state index in [0.717, 1.165) is 0 Å². The van der Waals surface area contributed by atoms with E-state index >= 15 is 0 Å². The summed E-state index contributed by atoms with van der Waals surface area (Å²) in [5, 5.41) is 10.8. The minimum absolute atomic E-state index is 0.192. The van der Waals surface area contributed by atoms with Crippen molar-refractivity contribution in [1.82, 2.24) is 5.06 Å². The fourth-order valence-electron chi connectivity index (χ4n) is 0.896. The van der Waals surface area contributed by atoms with Crippen molar-refractivity contribution in [2.75, 3.05) is 13.2 Å². The van der Waals surface area contributed by atoms with Crippen molar-refractivity contribution in [2.45, 2.75) is 19.1 Å². The molecule has 10 heavy (non-hydrogen) atoms. The summed E-state index contributed by atoms with van der Waals surface area (Å²) in [5.74, 6) is 0. The van der Waals surface area contributed by atoms with Crippen molar-refractivity contribution in [3.63, 3.8) is 0 Å². The smallest absolute Gasteiger partial charge is 0.0958 e. The highest BCUT2D eigenvalue weighted by atomic mass is 16.7. The first kappa shape index (κ1) is 7.72. The first-order chi connectivity index (χ1) is 4.74. The van der Waals surface area contributed by atoms with Gasteiger partial charge < -0.3 is 5.11 Å². The van der Waals surface area contributed by atoms with E-state index in [2.05, 4.69) is 6.58 Å². The van der Waals surface area contributed by atoms with Crippen LogP contribution in [-0.4, -0.2) is 35.5 Å². The second-order valence-electron chi connectivity index (χ2n) is 2.53. The van der Waals surface area contributed by atoms with Gasteiger partial charge in [-0.05, 0) is 6.92 Å². The van der Waals surface area contributed by atoms with Crippen molar-refractivity contribution < 1.29 is 9.94 Å². The highest BCUT2D eigenvalue weighted by Gasteiger charge is 2.23. The third kappa shape index (κ3) is 1.56. The Labute approximate surface area is 60.9 Å². The fourth-order valence-corrected chi connectivity index (χ4v) is 0.896. The molecule has 0 aromatic carbocycles. The van der Waals surface area contributed by atoms with E-state index in [1.165, 1.54) is 0 Å². The van der Waals surface area contributed by atoms with E-state index in [4.69, 9.17) is 9.94 Å². The van der Waals surface area contributed by atoms with Crippen LogP contribution in [-0.2, 0) is 4.84 Å². The van der Waals surface area contributed by atoms with Crippen LogP contribution in [0, 0.1) is 0 Å². The van der Waals surface area contributed by atoms with Crippen LogP contribution in [0.3, 0.4) is 0 Å². The second-order valence-corrected chi connectivity index (χ2v) is 2.53. The Morgan fingerprint density at radius 2 is 2.60 bits per heavy atom. The third-order valence-corrected chi connectivity index (χ3v) is 1.62. The number of rotatable bonds is 2. The normalized spacial score (nSPS) is 30.4. The summed E-state index contributed by atoms with van der Waals surface area (Å²) in [7, 11) is 0. The molecule has 1 aliphatic heterocycles. The maximum Gasteiger partial charge on any atom is 0.0958 e. The van der Waals surface area contributed by atoms with Crippen LogP contribution >= 0.6 is 0 Å². The number of hydroxylamine groups is 2. The van der Waals surface area contributed by atoms with Crippen molar-refractivity contribution in [2.24, 2.45) is 0 Å². The first-order valence-electron chi connectivity index (χ1n) is 3.44. The summed E-state index contributed by atoms with van der Waals surface area (Å²) in [6, 6.07) is 0.192. The van der Waals surface area contributed by atoms with Gasteiger partial charge in [0.15, 0.2) is 0 Å². The molecule has 58 valence electrons. The summed E-state index contributed by atoms with van der Waals surface area (Å²) < 4.78 is 0. The van der Waals surface area contributed by atoms with E-state index in [1.807, 2.05) is 6.92 Å². The number of β-amino-alcohol motifs (C(OH)–C–C–N with tert-alkyl or cyclic N) is 1.